The molecule has 1 unspecified atom stereocenters. The summed E-state index contributed by atoms with van der Waals surface area (Å²) in [5.74, 6) is 1.13. The SMILES string of the molecule is Cl.Cn1ccnc1C1CNCCN1Cc1cccc(Br)c1. The lowest BCUT2D eigenvalue weighted by atomic mass is 10.1. The molecule has 1 N–H and O–H groups in total. The van der Waals surface area contributed by atoms with Gasteiger partial charge >= 0.3 is 0 Å². The summed E-state index contributed by atoms with van der Waals surface area (Å²) >= 11 is 3.55. The lowest BCUT2D eigenvalue weighted by Gasteiger charge is -2.35. The molecule has 2 heterocycles. The first-order valence-corrected chi connectivity index (χ1v) is 7.70. The topological polar surface area (TPSA) is 33.1 Å². The van der Waals surface area contributed by atoms with Gasteiger partial charge in [0.25, 0.3) is 0 Å². The molecule has 2 aromatic rings. The van der Waals surface area contributed by atoms with Crippen LogP contribution in [0.5, 0.6) is 0 Å². The minimum Gasteiger partial charge on any atom is -0.337 e. The van der Waals surface area contributed by atoms with E-state index < -0.39 is 0 Å². The van der Waals surface area contributed by atoms with E-state index in [1.54, 1.807) is 0 Å². The molecule has 21 heavy (non-hydrogen) atoms. The highest BCUT2D eigenvalue weighted by Gasteiger charge is 2.26. The third-order valence-electron chi connectivity index (χ3n) is 3.79. The van der Waals surface area contributed by atoms with Gasteiger partial charge in [-0.3, -0.25) is 4.90 Å². The van der Waals surface area contributed by atoms with Crippen molar-refractivity contribution in [3.05, 3.63) is 52.5 Å². The van der Waals surface area contributed by atoms with E-state index in [2.05, 4.69) is 67.0 Å². The number of aryl methyl sites for hydroxylation is 1. The summed E-state index contributed by atoms with van der Waals surface area (Å²) in [6, 6.07) is 8.87. The van der Waals surface area contributed by atoms with Crippen molar-refractivity contribution in [2.24, 2.45) is 7.05 Å². The largest absolute Gasteiger partial charge is 0.337 e. The Hall–Kier alpha value is -0.880. The zero-order chi connectivity index (χ0) is 13.9. The van der Waals surface area contributed by atoms with Gasteiger partial charge < -0.3 is 9.88 Å². The van der Waals surface area contributed by atoms with Gasteiger partial charge in [-0.05, 0) is 17.7 Å². The maximum atomic E-state index is 4.52. The standard InChI is InChI=1S/C15H19BrN4.ClH/c1-19-7-6-18-15(19)14-10-17-5-8-20(14)11-12-3-2-4-13(16)9-12;/h2-4,6-7,9,14,17H,5,8,10-11H2,1H3;1H. The summed E-state index contributed by atoms with van der Waals surface area (Å²) < 4.78 is 3.25. The first kappa shape index (κ1) is 16.5. The summed E-state index contributed by atoms with van der Waals surface area (Å²) in [5, 5.41) is 3.47. The van der Waals surface area contributed by atoms with Gasteiger partial charge in [0.1, 0.15) is 5.82 Å². The van der Waals surface area contributed by atoms with Crippen molar-refractivity contribution in [2.75, 3.05) is 19.6 Å². The molecule has 1 aromatic heterocycles. The number of hydrogen-bond donors (Lipinski definition) is 1. The van der Waals surface area contributed by atoms with Crippen LogP contribution >= 0.6 is 28.3 Å². The van der Waals surface area contributed by atoms with Crippen LogP contribution in [-0.4, -0.2) is 34.1 Å². The summed E-state index contributed by atoms with van der Waals surface area (Å²) in [7, 11) is 2.06. The zero-order valence-electron chi connectivity index (χ0n) is 12.0. The van der Waals surface area contributed by atoms with E-state index in [9.17, 15) is 0 Å². The van der Waals surface area contributed by atoms with Crippen LogP contribution < -0.4 is 5.32 Å². The minimum absolute atomic E-state index is 0. The zero-order valence-corrected chi connectivity index (χ0v) is 14.4. The number of rotatable bonds is 3. The lowest BCUT2D eigenvalue weighted by Crippen LogP contribution is -2.46. The number of benzene rings is 1. The maximum absolute atomic E-state index is 4.52. The lowest BCUT2D eigenvalue weighted by molar-refractivity contribution is 0.144. The van der Waals surface area contributed by atoms with Crippen LogP contribution in [0.2, 0.25) is 0 Å². The average Bonchev–Trinajstić information content (AvgIpc) is 2.86. The Morgan fingerprint density at radius 3 is 3.00 bits per heavy atom. The fourth-order valence-corrected chi connectivity index (χ4v) is 3.20. The Kier molecular flexibility index (Phi) is 5.81. The first-order chi connectivity index (χ1) is 9.74. The van der Waals surface area contributed by atoms with Crippen LogP contribution in [0, 0.1) is 0 Å². The van der Waals surface area contributed by atoms with Crippen molar-refractivity contribution >= 4 is 28.3 Å². The van der Waals surface area contributed by atoms with E-state index in [4.69, 9.17) is 0 Å². The van der Waals surface area contributed by atoms with E-state index in [0.29, 0.717) is 6.04 Å². The molecule has 114 valence electrons. The molecular weight excluding hydrogens is 352 g/mol. The number of aromatic nitrogens is 2. The number of imidazole rings is 1. The van der Waals surface area contributed by atoms with Gasteiger partial charge in [-0.2, -0.15) is 0 Å². The molecule has 4 nitrogen and oxygen atoms in total. The van der Waals surface area contributed by atoms with Gasteiger partial charge in [-0.25, -0.2) is 4.98 Å². The second-order valence-corrected chi connectivity index (χ2v) is 6.13. The molecule has 0 aliphatic carbocycles. The molecule has 0 saturated carbocycles. The summed E-state index contributed by atoms with van der Waals surface area (Å²) in [6.07, 6.45) is 3.89. The van der Waals surface area contributed by atoms with Crippen molar-refractivity contribution in [3.8, 4) is 0 Å². The van der Waals surface area contributed by atoms with Crippen LogP contribution in [0.15, 0.2) is 41.1 Å². The summed E-state index contributed by atoms with van der Waals surface area (Å²) in [6.45, 7) is 4.00. The minimum atomic E-state index is 0. The van der Waals surface area contributed by atoms with E-state index in [-0.39, 0.29) is 12.4 Å². The Labute approximate surface area is 140 Å². The van der Waals surface area contributed by atoms with Crippen molar-refractivity contribution in [1.29, 1.82) is 0 Å². The molecule has 3 rings (SSSR count). The highest BCUT2D eigenvalue weighted by Crippen LogP contribution is 2.23. The molecule has 1 aliphatic rings. The molecule has 0 spiro atoms. The van der Waals surface area contributed by atoms with Crippen molar-refractivity contribution in [2.45, 2.75) is 12.6 Å². The van der Waals surface area contributed by atoms with E-state index >= 15 is 0 Å². The second-order valence-electron chi connectivity index (χ2n) is 5.22. The molecule has 0 bridgehead atoms. The average molecular weight is 372 g/mol. The third-order valence-corrected chi connectivity index (χ3v) is 4.28. The van der Waals surface area contributed by atoms with Crippen molar-refractivity contribution in [1.82, 2.24) is 19.8 Å². The normalized spacial score (nSPS) is 19.2. The molecule has 1 atom stereocenters. The Morgan fingerprint density at radius 2 is 2.29 bits per heavy atom. The summed E-state index contributed by atoms with van der Waals surface area (Å²) in [4.78, 5) is 7.02. The summed E-state index contributed by atoms with van der Waals surface area (Å²) in [5.41, 5.74) is 1.33. The van der Waals surface area contributed by atoms with Gasteiger partial charge in [-0.1, -0.05) is 28.1 Å². The monoisotopic (exact) mass is 370 g/mol. The van der Waals surface area contributed by atoms with E-state index in [1.165, 1.54) is 5.56 Å². The molecule has 0 radical (unpaired) electrons. The van der Waals surface area contributed by atoms with Crippen LogP contribution in [0.1, 0.15) is 17.4 Å². The molecule has 6 heteroatoms. The van der Waals surface area contributed by atoms with Gasteiger partial charge in [0.2, 0.25) is 0 Å². The van der Waals surface area contributed by atoms with E-state index in [0.717, 1.165) is 36.5 Å². The van der Waals surface area contributed by atoms with Gasteiger partial charge in [0, 0.05) is 50.1 Å². The highest BCUT2D eigenvalue weighted by atomic mass is 79.9. The number of nitrogens with zero attached hydrogens (tertiary/aromatic N) is 3. The number of nitrogens with one attached hydrogen (secondary N) is 1. The number of hydrogen-bond acceptors (Lipinski definition) is 3. The molecule has 1 saturated heterocycles. The highest BCUT2D eigenvalue weighted by molar-refractivity contribution is 9.10. The number of piperazine rings is 1. The molecular formula is C15H20BrClN4. The quantitative estimate of drug-likeness (QED) is 0.900. The Balaban J connectivity index is 0.00000161. The van der Waals surface area contributed by atoms with Crippen LogP contribution in [0.25, 0.3) is 0 Å². The van der Waals surface area contributed by atoms with Gasteiger partial charge in [0.15, 0.2) is 0 Å². The van der Waals surface area contributed by atoms with Crippen LogP contribution in [0.4, 0.5) is 0 Å². The smallest absolute Gasteiger partial charge is 0.127 e. The fourth-order valence-electron chi connectivity index (χ4n) is 2.76. The molecule has 1 aliphatic heterocycles. The number of halogens is 2. The predicted molar refractivity (Wildman–Crippen MR) is 90.6 cm³/mol. The molecule has 0 amide bonds. The van der Waals surface area contributed by atoms with E-state index in [1.807, 2.05) is 12.4 Å². The third kappa shape index (κ3) is 3.86. The molecule has 1 fully saturated rings. The Bertz CT molecular complexity index is 587. The van der Waals surface area contributed by atoms with Crippen LogP contribution in [-0.2, 0) is 13.6 Å². The fraction of sp³-hybridized carbons (Fsp3) is 0.400. The Morgan fingerprint density at radius 1 is 1.43 bits per heavy atom. The first-order valence-electron chi connectivity index (χ1n) is 6.90. The van der Waals surface area contributed by atoms with Crippen LogP contribution in [0.3, 0.4) is 0 Å². The van der Waals surface area contributed by atoms with Crippen molar-refractivity contribution < 1.29 is 0 Å². The van der Waals surface area contributed by atoms with Gasteiger partial charge in [-0.15, -0.1) is 12.4 Å². The van der Waals surface area contributed by atoms with Gasteiger partial charge in [0.05, 0.1) is 6.04 Å². The predicted octanol–water partition coefficient (Wildman–Crippen LogP) is 2.75. The van der Waals surface area contributed by atoms with Crippen molar-refractivity contribution in [3.63, 3.8) is 0 Å². The molecule has 1 aromatic carbocycles. The maximum Gasteiger partial charge on any atom is 0.127 e. The second kappa shape index (κ2) is 7.40.